The summed E-state index contributed by atoms with van der Waals surface area (Å²) in [5.74, 6) is -16.9. The predicted octanol–water partition coefficient (Wildman–Crippen LogP) is 3.98. The summed E-state index contributed by atoms with van der Waals surface area (Å²) >= 11 is 0. The predicted molar refractivity (Wildman–Crippen MR) is 277 cm³/mol. The first kappa shape index (κ1) is 55.4. The number of Topliss-reactive ketones (excluding diaryl/α,β-unsaturated/α-hetero) is 6. The summed E-state index contributed by atoms with van der Waals surface area (Å²) in [6.07, 6.45) is -17.2. The van der Waals surface area contributed by atoms with Crippen molar-refractivity contribution in [2.75, 3.05) is 6.61 Å². The molecule has 2 aliphatic rings. The highest BCUT2D eigenvalue weighted by Gasteiger charge is 2.87. The first-order chi connectivity index (χ1) is 38.0. The van der Waals surface area contributed by atoms with Crippen LogP contribution in [0.15, 0.2) is 212 Å². The van der Waals surface area contributed by atoms with Gasteiger partial charge in [0.15, 0.2) is 11.9 Å². The Morgan fingerprint density at radius 3 is 1.19 bits per heavy atom. The lowest BCUT2D eigenvalue weighted by molar-refractivity contribution is -0.401. The number of ether oxygens (including phenoxy) is 4. The molecule has 0 aromatic heterocycles. The Hall–Kier alpha value is -8.37. The van der Waals surface area contributed by atoms with Crippen LogP contribution in [0.1, 0.15) is 72.5 Å². The molecule has 0 radical (unpaired) electrons. The van der Waals surface area contributed by atoms with Crippen molar-refractivity contribution >= 4 is 40.7 Å². The van der Waals surface area contributed by atoms with Gasteiger partial charge < -0.3 is 54.7 Å². The molecule has 7 N–H and O–H groups in total. The maximum atomic E-state index is 17.1. The first-order valence-corrected chi connectivity index (χ1v) is 24.6. The van der Waals surface area contributed by atoms with Crippen molar-refractivity contribution in [1.82, 2.24) is 0 Å². The number of aliphatic hydroxyl groups excluding tert-OH is 6. The zero-order chi connectivity index (χ0) is 56.3. The molecule has 0 aliphatic carbocycles. The van der Waals surface area contributed by atoms with Crippen molar-refractivity contribution in [1.29, 1.82) is 0 Å². The van der Waals surface area contributed by atoms with Crippen LogP contribution in [0.3, 0.4) is 0 Å². The first-order valence-electron chi connectivity index (χ1n) is 24.6. The van der Waals surface area contributed by atoms with Gasteiger partial charge in [0, 0.05) is 33.4 Å². The third-order valence-electron chi connectivity index (χ3n) is 14.2. The summed E-state index contributed by atoms with van der Waals surface area (Å²) in [6.45, 7) is -1.43. The lowest BCUT2D eigenvalue weighted by atomic mass is 9.56. The Bertz CT molecular complexity index is 3320. The van der Waals surface area contributed by atoms with Crippen LogP contribution in [-0.2, 0) is 18.9 Å². The van der Waals surface area contributed by atoms with E-state index in [4.69, 9.17) is 18.9 Å². The van der Waals surface area contributed by atoms with E-state index in [0.29, 0.717) is 0 Å². The average Bonchev–Trinajstić information content (AvgIpc) is 3.61. The molecular weight excluding hydrogens is 1020 g/mol. The molecule has 0 spiro atoms. The number of esters is 1. The Labute approximate surface area is 450 Å². The molecule has 2 heterocycles. The molecule has 9 rings (SSSR count). The average molecular weight is 1070 g/mol. The highest BCUT2D eigenvalue weighted by molar-refractivity contribution is 6.30. The molecule has 0 unspecified atom stereocenters. The summed E-state index contributed by atoms with van der Waals surface area (Å²) in [5.41, 5.74) is -21.8. The minimum absolute atomic E-state index is 0.406. The number of rotatable bonds is 18. The minimum atomic E-state index is -4.59. The van der Waals surface area contributed by atoms with Crippen molar-refractivity contribution in [3.05, 3.63) is 251 Å². The summed E-state index contributed by atoms with van der Waals surface area (Å²) in [7, 11) is 0. The van der Waals surface area contributed by atoms with Gasteiger partial charge in [-0.25, -0.2) is 4.79 Å². The van der Waals surface area contributed by atoms with Crippen LogP contribution in [0.5, 0.6) is 0 Å². The quantitative estimate of drug-likeness (QED) is 0.0363. The number of carbonyl (C=O) groups excluding carboxylic acids is 7. The summed E-state index contributed by atoms with van der Waals surface area (Å²) in [6, 6.07) is 43.2. The monoisotopic (exact) mass is 1070 g/mol. The highest BCUT2D eigenvalue weighted by Crippen LogP contribution is 2.57. The molecule has 2 saturated heterocycles. The van der Waals surface area contributed by atoms with Crippen LogP contribution >= 0.6 is 0 Å². The van der Waals surface area contributed by atoms with Gasteiger partial charge in [0.2, 0.25) is 45.9 Å². The maximum Gasteiger partial charge on any atom is 0.339 e. The fourth-order valence-electron chi connectivity index (χ4n) is 10.3. The van der Waals surface area contributed by atoms with Gasteiger partial charge in [-0.05, 0) is 12.1 Å². The van der Waals surface area contributed by atoms with Gasteiger partial charge in [-0.15, -0.1) is 0 Å². The van der Waals surface area contributed by atoms with Crippen molar-refractivity contribution in [2.24, 2.45) is 0 Å². The van der Waals surface area contributed by atoms with Gasteiger partial charge in [-0.3, -0.25) is 28.8 Å². The van der Waals surface area contributed by atoms with Gasteiger partial charge in [0.25, 0.3) is 11.4 Å². The van der Waals surface area contributed by atoms with Gasteiger partial charge in [0.1, 0.15) is 30.5 Å². The van der Waals surface area contributed by atoms with Gasteiger partial charge in [-0.2, -0.15) is 0 Å². The number of ketones is 6. The number of carbonyl (C=O) groups is 7. The molecule has 7 aromatic rings. The van der Waals surface area contributed by atoms with Crippen molar-refractivity contribution in [3.63, 3.8) is 0 Å². The van der Waals surface area contributed by atoms with Crippen molar-refractivity contribution in [3.8, 4) is 0 Å². The molecular formula is C61H50O18. The molecule has 402 valence electrons. The second-order valence-corrected chi connectivity index (χ2v) is 18.7. The number of benzene rings is 7. The van der Waals surface area contributed by atoms with E-state index < -0.39 is 151 Å². The van der Waals surface area contributed by atoms with E-state index in [9.17, 15) is 35.7 Å². The molecule has 79 heavy (non-hydrogen) atoms. The fraction of sp³-hybridized carbons (Fsp3) is 0.197. The SMILES string of the molecule is O=C(O[C@]1(C(=O)c2ccccc2)[C@@H](O)[C@@H](O)[C@@H](CO)O[C@@]1(OC(C(=O)c1ccccc1)(C(=O)c1ccccc1)[C@@]1(C(=O)c2ccccc2)O[C@@H](O)[C@H](O)[C@@H](O)[C@@]1(O)C(=O)c1ccccc1)C(=O)c1ccccc1)c1ccccc1. The smallest absolute Gasteiger partial charge is 0.339 e. The van der Waals surface area contributed by atoms with Crippen LogP contribution < -0.4 is 0 Å². The van der Waals surface area contributed by atoms with Crippen molar-refractivity contribution < 1.29 is 88.3 Å². The lowest BCUT2D eigenvalue weighted by Gasteiger charge is -2.62. The van der Waals surface area contributed by atoms with Crippen molar-refractivity contribution in [2.45, 2.75) is 65.0 Å². The normalized spacial score (nSPS) is 26.7. The maximum absolute atomic E-state index is 17.1. The van der Waals surface area contributed by atoms with E-state index in [2.05, 4.69) is 0 Å². The number of hydrogen-bond acceptors (Lipinski definition) is 18. The number of aliphatic hydroxyl groups is 7. The van der Waals surface area contributed by atoms with Crippen LogP contribution in [0, 0.1) is 0 Å². The largest absolute Gasteiger partial charge is 0.438 e. The third-order valence-corrected chi connectivity index (χ3v) is 14.2. The second-order valence-electron chi connectivity index (χ2n) is 18.7. The highest BCUT2D eigenvalue weighted by atomic mass is 16.8. The summed E-state index contributed by atoms with van der Waals surface area (Å²) < 4.78 is 26.2. The van der Waals surface area contributed by atoms with Gasteiger partial charge in [-0.1, -0.05) is 200 Å². The Kier molecular flexibility index (Phi) is 15.5. The zero-order valence-corrected chi connectivity index (χ0v) is 41.5. The molecule has 2 fully saturated rings. The summed E-state index contributed by atoms with van der Waals surface area (Å²) in [5, 5.41) is 87.1. The van der Waals surface area contributed by atoms with Crippen LogP contribution in [0.4, 0.5) is 0 Å². The number of hydrogen-bond donors (Lipinski definition) is 7. The minimum Gasteiger partial charge on any atom is -0.438 e. The Morgan fingerprint density at radius 1 is 0.430 bits per heavy atom. The molecule has 10 atom stereocenters. The Balaban J connectivity index is 1.58. The Morgan fingerprint density at radius 2 is 0.785 bits per heavy atom. The summed E-state index contributed by atoms with van der Waals surface area (Å²) in [4.78, 5) is 115. The third kappa shape index (κ3) is 8.86. The molecule has 18 nitrogen and oxygen atoms in total. The molecule has 0 amide bonds. The van der Waals surface area contributed by atoms with E-state index >= 15 is 33.6 Å². The molecule has 7 aromatic carbocycles. The standard InChI is InChI=1S/C61H50O18/c62-36-44-45(63)54(72)59(50(68)40-28-14-4-15-29-40,77-55(73)43-34-20-7-21-35-43)61(76-44,52(70)42-32-18-6-19-33-42)79-58(48(66)38-24-10-2-11-25-38,49(67)39-26-12-3-13-27-39)60(51(69)41-30-16-5-17-31-41)57(75,53(71)46(64)56(74)78-60)47(65)37-22-8-1-9-23-37/h1-35,44-46,53-54,56,62-64,71-72,74-75H,36H2/t44-,45+,46-,53-,54+,56-,57+,59-,60+,61-/m1/s1. The van der Waals surface area contributed by atoms with E-state index in [1.165, 1.54) is 140 Å². The van der Waals surface area contributed by atoms with E-state index in [1.54, 1.807) is 0 Å². The zero-order valence-electron chi connectivity index (χ0n) is 41.5. The molecule has 0 saturated carbocycles. The lowest BCUT2D eigenvalue weighted by Crippen LogP contribution is -2.90. The van der Waals surface area contributed by atoms with Gasteiger partial charge >= 0.3 is 5.97 Å². The van der Waals surface area contributed by atoms with Crippen LogP contribution in [0.2, 0.25) is 0 Å². The second kappa shape index (κ2) is 22.2. The van der Waals surface area contributed by atoms with Gasteiger partial charge in [0.05, 0.1) is 12.2 Å². The fourth-order valence-corrected chi connectivity index (χ4v) is 10.3. The van der Waals surface area contributed by atoms with E-state index in [1.807, 2.05) is 0 Å². The topological polar surface area (TPSA) is 298 Å². The van der Waals surface area contributed by atoms with E-state index in [-0.39, 0.29) is 0 Å². The van der Waals surface area contributed by atoms with E-state index in [0.717, 1.165) is 72.8 Å². The molecule has 18 heteroatoms. The molecule has 0 bridgehead atoms. The molecule has 2 aliphatic heterocycles. The van der Waals surface area contributed by atoms with Crippen LogP contribution in [-0.4, -0.2) is 148 Å². The van der Waals surface area contributed by atoms with Crippen LogP contribution in [0.25, 0.3) is 0 Å².